The predicted molar refractivity (Wildman–Crippen MR) is 129 cm³/mol. The Kier molecular flexibility index (Phi) is 5.39. The van der Waals surface area contributed by atoms with Crippen molar-refractivity contribution in [2.24, 2.45) is 5.92 Å². The summed E-state index contributed by atoms with van der Waals surface area (Å²) in [5, 5.41) is 0. The van der Waals surface area contributed by atoms with E-state index in [2.05, 4.69) is 27.8 Å². The molecule has 0 saturated carbocycles. The number of anilines is 2. The van der Waals surface area contributed by atoms with Gasteiger partial charge in [-0.1, -0.05) is 47.1 Å². The third-order valence-corrected chi connectivity index (χ3v) is 8.94. The number of piperidine rings is 1. The van der Waals surface area contributed by atoms with Crippen LogP contribution in [0.4, 0.5) is 11.4 Å². The Morgan fingerprint density at radius 2 is 1.87 bits per heavy atom. The number of fused-ring (bicyclic) bond motifs is 2. The van der Waals surface area contributed by atoms with Gasteiger partial charge in [-0.25, -0.2) is 0 Å². The number of halogens is 1. The third-order valence-electron chi connectivity index (χ3n) is 6.70. The van der Waals surface area contributed by atoms with Crippen molar-refractivity contribution in [3.8, 4) is 0 Å². The summed E-state index contributed by atoms with van der Waals surface area (Å²) in [4.78, 5) is 32.2. The first-order valence-electron chi connectivity index (χ1n) is 10.8. The van der Waals surface area contributed by atoms with Gasteiger partial charge in [0.1, 0.15) is 0 Å². The highest BCUT2D eigenvalue weighted by Crippen LogP contribution is 2.55. The fourth-order valence-corrected chi connectivity index (χ4v) is 6.55. The lowest BCUT2D eigenvalue weighted by molar-refractivity contribution is -0.124. The largest absolute Gasteiger partial charge is 0.295 e. The summed E-state index contributed by atoms with van der Waals surface area (Å²) in [6.45, 7) is 6.88. The quantitative estimate of drug-likeness (QED) is 0.612. The van der Waals surface area contributed by atoms with Crippen molar-refractivity contribution in [3.63, 3.8) is 0 Å². The van der Waals surface area contributed by atoms with Crippen LogP contribution in [0, 0.1) is 12.8 Å². The number of thioether (sulfide) groups is 1. The van der Waals surface area contributed by atoms with E-state index in [1.54, 1.807) is 4.90 Å². The molecule has 0 bridgehead atoms. The van der Waals surface area contributed by atoms with Crippen LogP contribution in [0.5, 0.6) is 0 Å². The Labute approximate surface area is 195 Å². The van der Waals surface area contributed by atoms with Crippen LogP contribution in [0.2, 0.25) is 0 Å². The summed E-state index contributed by atoms with van der Waals surface area (Å²) in [5.41, 5.74) is 3.68. The second-order valence-electron chi connectivity index (χ2n) is 8.79. The number of benzene rings is 2. The highest BCUT2D eigenvalue weighted by atomic mass is 79.9. The van der Waals surface area contributed by atoms with Crippen LogP contribution in [-0.4, -0.2) is 42.2 Å². The number of hydrogen-bond acceptors (Lipinski definition) is 4. The van der Waals surface area contributed by atoms with Crippen LogP contribution in [0.15, 0.2) is 46.9 Å². The first-order valence-corrected chi connectivity index (χ1v) is 12.6. The molecule has 162 valence electrons. The summed E-state index contributed by atoms with van der Waals surface area (Å²) in [6, 6.07) is 13.8. The summed E-state index contributed by atoms with van der Waals surface area (Å²) in [6.07, 6.45) is 2.32. The zero-order valence-electron chi connectivity index (χ0n) is 17.8. The van der Waals surface area contributed by atoms with Gasteiger partial charge in [0.05, 0.1) is 18.1 Å². The number of aryl methyl sites for hydroxylation is 1. The lowest BCUT2D eigenvalue weighted by atomic mass is 10.00. The number of carbonyl (C=O) groups is 2. The molecule has 31 heavy (non-hydrogen) atoms. The Hall–Kier alpha value is -1.83. The second kappa shape index (κ2) is 7.94. The van der Waals surface area contributed by atoms with Gasteiger partial charge in [-0.2, -0.15) is 0 Å². The topological polar surface area (TPSA) is 43.9 Å². The average Bonchev–Trinajstić information content (AvgIpc) is 3.23. The van der Waals surface area contributed by atoms with E-state index in [1.807, 2.05) is 54.3 Å². The van der Waals surface area contributed by atoms with Gasteiger partial charge in [0, 0.05) is 28.8 Å². The van der Waals surface area contributed by atoms with Crippen LogP contribution in [0.1, 0.15) is 30.9 Å². The van der Waals surface area contributed by atoms with Crippen LogP contribution < -0.4 is 9.80 Å². The van der Waals surface area contributed by atoms with Gasteiger partial charge in [-0.05, 0) is 49.4 Å². The number of hydrogen-bond donors (Lipinski definition) is 0. The van der Waals surface area contributed by atoms with Crippen molar-refractivity contribution < 1.29 is 9.59 Å². The molecule has 0 radical (unpaired) electrons. The predicted octanol–water partition coefficient (Wildman–Crippen LogP) is 4.73. The summed E-state index contributed by atoms with van der Waals surface area (Å²) in [7, 11) is 0. The molecule has 5 nitrogen and oxygen atoms in total. The van der Waals surface area contributed by atoms with Crippen LogP contribution in [-0.2, 0) is 14.5 Å². The SMILES string of the molecule is Cc1ccc(N2C(=O)CS[C@@]23C(=O)N(CN2CCC(C)CC2)c2ccccc23)cc1Br. The van der Waals surface area contributed by atoms with Gasteiger partial charge in [0.15, 0.2) is 0 Å². The van der Waals surface area contributed by atoms with Crippen molar-refractivity contribution in [2.45, 2.75) is 31.6 Å². The number of para-hydroxylation sites is 1. The van der Waals surface area contributed by atoms with E-state index >= 15 is 0 Å². The van der Waals surface area contributed by atoms with Crippen molar-refractivity contribution in [1.29, 1.82) is 0 Å². The Morgan fingerprint density at radius 1 is 1.13 bits per heavy atom. The Balaban J connectivity index is 1.57. The number of amides is 2. The maximum Gasteiger partial charge on any atom is 0.269 e. The molecule has 1 atom stereocenters. The minimum Gasteiger partial charge on any atom is -0.295 e. The molecule has 3 aliphatic heterocycles. The Morgan fingerprint density at radius 3 is 2.61 bits per heavy atom. The molecule has 0 unspecified atom stereocenters. The molecule has 2 aromatic carbocycles. The van der Waals surface area contributed by atoms with E-state index in [9.17, 15) is 9.59 Å². The van der Waals surface area contributed by atoms with Crippen LogP contribution in [0.3, 0.4) is 0 Å². The fraction of sp³-hybridized carbons (Fsp3) is 0.417. The second-order valence-corrected chi connectivity index (χ2v) is 10.8. The van der Waals surface area contributed by atoms with Gasteiger partial charge in [-0.15, -0.1) is 11.8 Å². The molecule has 3 heterocycles. The fourth-order valence-electron chi connectivity index (χ4n) is 4.82. The molecular formula is C24H26BrN3O2S. The van der Waals surface area contributed by atoms with Gasteiger partial charge < -0.3 is 0 Å². The zero-order valence-corrected chi connectivity index (χ0v) is 20.2. The summed E-state index contributed by atoms with van der Waals surface area (Å²) < 4.78 is 0.933. The molecule has 0 N–H and O–H groups in total. The first-order chi connectivity index (χ1) is 14.9. The van der Waals surface area contributed by atoms with E-state index in [-0.39, 0.29) is 11.8 Å². The van der Waals surface area contributed by atoms with Gasteiger partial charge in [-0.3, -0.25) is 24.3 Å². The van der Waals surface area contributed by atoms with E-state index in [1.165, 1.54) is 11.8 Å². The van der Waals surface area contributed by atoms with Crippen molar-refractivity contribution >= 4 is 50.9 Å². The molecule has 2 amide bonds. The van der Waals surface area contributed by atoms with Crippen molar-refractivity contribution in [3.05, 3.63) is 58.1 Å². The average molecular weight is 500 g/mol. The number of nitrogens with zero attached hydrogens (tertiary/aromatic N) is 3. The smallest absolute Gasteiger partial charge is 0.269 e. The van der Waals surface area contributed by atoms with E-state index in [0.717, 1.165) is 58.8 Å². The number of carbonyl (C=O) groups excluding carboxylic acids is 2. The maximum atomic E-state index is 14.1. The zero-order chi connectivity index (χ0) is 21.8. The van der Waals surface area contributed by atoms with E-state index in [4.69, 9.17) is 0 Å². The minimum absolute atomic E-state index is 0.0140. The minimum atomic E-state index is -1.04. The maximum absolute atomic E-state index is 14.1. The standard InChI is InChI=1S/C24H26BrN3O2S/c1-16-9-11-26(12-10-16)15-27-21-6-4-3-5-19(21)24(23(27)30)28(22(29)14-31-24)18-8-7-17(2)20(25)13-18/h3-8,13,16H,9-12,14-15H2,1-2H3/t24-/m0/s1. The van der Waals surface area contributed by atoms with Crippen molar-refractivity contribution in [2.75, 3.05) is 35.3 Å². The van der Waals surface area contributed by atoms with E-state index < -0.39 is 4.87 Å². The molecule has 2 fully saturated rings. The molecule has 1 spiro atoms. The highest BCUT2D eigenvalue weighted by molar-refractivity contribution is 9.10. The molecule has 2 saturated heterocycles. The third kappa shape index (κ3) is 3.33. The van der Waals surface area contributed by atoms with Gasteiger partial charge in [0.2, 0.25) is 10.8 Å². The molecule has 0 aromatic heterocycles. The molecular weight excluding hydrogens is 474 g/mol. The summed E-state index contributed by atoms with van der Waals surface area (Å²) >= 11 is 5.03. The summed E-state index contributed by atoms with van der Waals surface area (Å²) in [5.74, 6) is 0.987. The van der Waals surface area contributed by atoms with Crippen molar-refractivity contribution in [1.82, 2.24) is 4.90 Å². The number of likely N-dealkylation sites (tertiary alicyclic amines) is 1. The normalized spacial score (nSPS) is 24.5. The highest BCUT2D eigenvalue weighted by Gasteiger charge is 2.61. The van der Waals surface area contributed by atoms with E-state index in [0.29, 0.717) is 12.4 Å². The molecule has 7 heteroatoms. The Bertz CT molecular complexity index is 1050. The van der Waals surface area contributed by atoms with Crippen LogP contribution >= 0.6 is 27.7 Å². The molecule has 2 aromatic rings. The lowest BCUT2D eigenvalue weighted by Gasteiger charge is -2.36. The molecule has 5 rings (SSSR count). The monoisotopic (exact) mass is 499 g/mol. The van der Waals surface area contributed by atoms with Crippen LogP contribution in [0.25, 0.3) is 0 Å². The first kappa shape index (κ1) is 21.0. The lowest BCUT2D eigenvalue weighted by Crippen LogP contribution is -2.52. The number of rotatable bonds is 3. The van der Waals surface area contributed by atoms with Gasteiger partial charge >= 0.3 is 0 Å². The molecule has 3 aliphatic rings. The molecule has 0 aliphatic carbocycles. The van der Waals surface area contributed by atoms with Gasteiger partial charge in [0.25, 0.3) is 5.91 Å².